The molecule has 1 aromatic carbocycles. The molecule has 1 amide bonds. The number of hydrogen-bond acceptors (Lipinski definition) is 7. The SMILES string of the molecule is COc1ccccc1-c1csc(NC(=O)COC(=O)c2cccnc2)n1. The Kier molecular flexibility index (Phi) is 5.55. The number of carbonyl (C=O) groups is 2. The minimum atomic E-state index is -0.609. The molecule has 132 valence electrons. The molecule has 0 saturated heterocycles. The average Bonchev–Trinajstić information content (AvgIpc) is 3.15. The van der Waals surface area contributed by atoms with Crippen LogP contribution in [-0.2, 0) is 9.53 Å². The van der Waals surface area contributed by atoms with Crippen LogP contribution in [0.5, 0.6) is 5.75 Å². The van der Waals surface area contributed by atoms with E-state index in [2.05, 4.69) is 15.3 Å². The zero-order valence-corrected chi connectivity index (χ0v) is 14.7. The number of nitrogens with one attached hydrogen (secondary N) is 1. The van der Waals surface area contributed by atoms with Gasteiger partial charge in [-0.3, -0.25) is 15.1 Å². The fraction of sp³-hybridized carbons (Fsp3) is 0.111. The van der Waals surface area contributed by atoms with Gasteiger partial charge in [0.25, 0.3) is 5.91 Å². The topological polar surface area (TPSA) is 90.4 Å². The minimum absolute atomic E-state index is 0.285. The van der Waals surface area contributed by atoms with Crippen molar-refractivity contribution in [2.75, 3.05) is 19.0 Å². The lowest BCUT2D eigenvalue weighted by atomic mass is 10.1. The molecule has 8 heteroatoms. The van der Waals surface area contributed by atoms with Gasteiger partial charge in [0.2, 0.25) is 0 Å². The van der Waals surface area contributed by atoms with Crippen LogP contribution >= 0.6 is 11.3 Å². The van der Waals surface area contributed by atoms with E-state index in [1.807, 2.05) is 29.6 Å². The maximum atomic E-state index is 12.0. The second-order valence-electron chi connectivity index (χ2n) is 5.10. The molecule has 0 aliphatic rings. The smallest absolute Gasteiger partial charge is 0.340 e. The van der Waals surface area contributed by atoms with Gasteiger partial charge in [0, 0.05) is 23.3 Å². The Bertz CT molecular complexity index is 912. The van der Waals surface area contributed by atoms with Gasteiger partial charge in [0.1, 0.15) is 5.75 Å². The van der Waals surface area contributed by atoms with E-state index in [1.54, 1.807) is 25.4 Å². The summed E-state index contributed by atoms with van der Waals surface area (Å²) in [5.41, 5.74) is 1.80. The van der Waals surface area contributed by atoms with Crippen LogP contribution in [0.4, 0.5) is 5.13 Å². The first-order chi connectivity index (χ1) is 12.7. The maximum Gasteiger partial charge on any atom is 0.340 e. The van der Waals surface area contributed by atoms with Gasteiger partial charge in [-0.2, -0.15) is 0 Å². The summed E-state index contributed by atoms with van der Waals surface area (Å²) in [6.07, 6.45) is 2.92. The van der Waals surface area contributed by atoms with Crippen LogP contribution in [0.3, 0.4) is 0 Å². The number of rotatable bonds is 6. The van der Waals surface area contributed by atoms with E-state index in [0.717, 1.165) is 5.56 Å². The fourth-order valence-electron chi connectivity index (χ4n) is 2.16. The molecule has 0 bridgehead atoms. The van der Waals surface area contributed by atoms with E-state index in [9.17, 15) is 9.59 Å². The lowest BCUT2D eigenvalue weighted by molar-refractivity contribution is -0.119. The Morgan fingerprint density at radius 3 is 2.81 bits per heavy atom. The van der Waals surface area contributed by atoms with Crippen molar-refractivity contribution in [3.8, 4) is 17.0 Å². The van der Waals surface area contributed by atoms with Crippen LogP contribution in [-0.4, -0.2) is 35.6 Å². The number of thiazole rings is 1. The maximum absolute atomic E-state index is 12.0. The third-order valence-corrected chi connectivity index (χ3v) is 4.12. The highest BCUT2D eigenvalue weighted by atomic mass is 32.1. The number of nitrogens with zero attached hydrogens (tertiary/aromatic N) is 2. The summed E-state index contributed by atoms with van der Waals surface area (Å²) in [7, 11) is 1.59. The molecule has 3 rings (SSSR count). The van der Waals surface area contributed by atoms with Gasteiger partial charge in [0.05, 0.1) is 18.4 Å². The van der Waals surface area contributed by atoms with Crippen molar-refractivity contribution in [2.45, 2.75) is 0 Å². The third kappa shape index (κ3) is 4.22. The highest BCUT2D eigenvalue weighted by molar-refractivity contribution is 7.14. The first kappa shape index (κ1) is 17.6. The second kappa shape index (κ2) is 8.21. The number of aromatic nitrogens is 2. The van der Waals surface area contributed by atoms with Crippen molar-refractivity contribution in [2.24, 2.45) is 0 Å². The first-order valence-electron chi connectivity index (χ1n) is 7.63. The van der Waals surface area contributed by atoms with Crippen LogP contribution < -0.4 is 10.1 Å². The predicted molar refractivity (Wildman–Crippen MR) is 97.3 cm³/mol. The van der Waals surface area contributed by atoms with Crippen LogP contribution in [0.1, 0.15) is 10.4 Å². The fourth-order valence-corrected chi connectivity index (χ4v) is 2.89. The quantitative estimate of drug-likeness (QED) is 0.672. The summed E-state index contributed by atoms with van der Waals surface area (Å²) in [4.78, 5) is 31.9. The molecule has 2 heterocycles. The van der Waals surface area contributed by atoms with E-state index in [-0.39, 0.29) is 5.56 Å². The highest BCUT2D eigenvalue weighted by Crippen LogP contribution is 2.31. The Labute approximate surface area is 153 Å². The van der Waals surface area contributed by atoms with Gasteiger partial charge < -0.3 is 9.47 Å². The molecule has 0 spiro atoms. The van der Waals surface area contributed by atoms with Gasteiger partial charge in [-0.1, -0.05) is 12.1 Å². The molecule has 26 heavy (non-hydrogen) atoms. The zero-order chi connectivity index (χ0) is 18.4. The molecule has 0 fully saturated rings. The Morgan fingerprint density at radius 1 is 1.19 bits per heavy atom. The van der Waals surface area contributed by atoms with E-state index in [0.29, 0.717) is 16.6 Å². The minimum Gasteiger partial charge on any atom is -0.496 e. The van der Waals surface area contributed by atoms with Crippen molar-refractivity contribution >= 4 is 28.3 Å². The highest BCUT2D eigenvalue weighted by Gasteiger charge is 2.13. The number of ether oxygens (including phenoxy) is 2. The summed E-state index contributed by atoms with van der Waals surface area (Å²) < 4.78 is 10.3. The van der Waals surface area contributed by atoms with Crippen molar-refractivity contribution in [3.05, 3.63) is 59.7 Å². The van der Waals surface area contributed by atoms with Crippen LogP contribution in [0.25, 0.3) is 11.3 Å². The molecule has 0 unspecified atom stereocenters. The Morgan fingerprint density at radius 2 is 2.04 bits per heavy atom. The number of carbonyl (C=O) groups excluding carboxylic acids is 2. The summed E-state index contributed by atoms with van der Waals surface area (Å²) >= 11 is 1.27. The lowest BCUT2D eigenvalue weighted by Crippen LogP contribution is -2.20. The van der Waals surface area contributed by atoms with Crippen molar-refractivity contribution in [1.29, 1.82) is 0 Å². The second-order valence-corrected chi connectivity index (χ2v) is 5.96. The number of hydrogen-bond donors (Lipinski definition) is 1. The monoisotopic (exact) mass is 369 g/mol. The van der Waals surface area contributed by atoms with E-state index in [4.69, 9.17) is 9.47 Å². The van der Waals surface area contributed by atoms with Crippen LogP contribution in [0.15, 0.2) is 54.2 Å². The molecule has 3 aromatic rings. The third-order valence-electron chi connectivity index (χ3n) is 3.37. The molecule has 2 aromatic heterocycles. The van der Waals surface area contributed by atoms with E-state index < -0.39 is 18.5 Å². The molecule has 0 atom stereocenters. The molecule has 7 nitrogen and oxygen atoms in total. The summed E-state index contributed by atoms with van der Waals surface area (Å²) in [6.45, 7) is -0.405. The number of anilines is 1. The summed E-state index contributed by atoms with van der Waals surface area (Å²) in [6, 6.07) is 10.7. The van der Waals surface area contributed by atoms with Gasteiger partial charge >= 0.3 is 5.97 Å². The number of pyridine rings is 1. The number of benzene rings is 1. The standard InChI is InChI=1S/C18H15N3O4S/c1-24-15-7-3-2-6-13(15)14-11-26-18(20-14)21-16(22)10-25-17(23)12-5-4-8-19-9-12/h2-9,11H,10H2,1H3,(H,20,21,22). The van der Waals surface area contributed by atoms with Crippen LogP contribution in [0, 0.1) is 0 Å². The molecule has 0 saturated carbocycles. The molecular weight excluding hydrogens is 354 g/mol. The molecule has 0 aliphatic heterocycles. The van der Waals surface area contributed by atoms with Gasteiger partial charge in [-0.05, 0) is 24.3 Å². The van der Waals surface area contributed by atoms with Gasteiger partial charge in [-0.25, -0.2) is 9.78 Å². The summed E-state index contributed by atoms with van der Waals surface area (Å²) in [5.74, 6) is -0.383. The van der Waals surface area contributed by atoms with Gasteiger partial charge in [0.15, 0.2) is 11.7 Å². The number of para-hydroxylation sites is 1. The van der Waals surface area contributed by atoms with Crippen molar-refractivity contribution in [3.63, 3.8) is 0 Å². The van der Waals surface area contributed by atoms with E-state index >= 15 is 0 Å². The predicted octanol–water partition coefficient (Wildman–Crippen LogP) is 3.01. The van der Waals surface area contributed by atoms with Crippen molar-refractivity contribution < 1.29 is 19.1 Å². The largest absolute Gasteiger partial charge is 0.496 e. The Hall–Kier alpha value is -3.26. The lowest BCUT2D eigenvalue weighted by Gasteiger charge is -2.05. The first-order valence-corrected chi connectivity index (χ1v) is 8.51. The molecule has 0 radical (unpaired) electrons. The number of amides is 1. The zero-order valence-electron chi connectivity index (χ0n) is 13.8. The van der Waals surface area contributed by atoms with Crippen LogP contribution in [0.2, 0.25) is 0 Å². The molecule has 1 N–H and O–H groups in total. The summed E-state index contributed by atoms with van der Waals surface area (Å²) in [5, 5.41) is 4.84. The molecule has 0 aliphatic carbocycles. The number of methoxy groups -OCH3 is 1. The Balaban J connectivity index is 1.59. The normalized spacial score (nSPS) is 10.2. The number of esters is 1. The molecular formula is C18H15N3O4S. The van der Waals surface area contributed by atoms with E-state index in [1.165, 1.54) is 17.5 Å². The average molecular weight is 369 g/mol. The van der Waals surface area contributed by atoms with Crippen molar-refractivity contribution in [1.82, 2.24) is 9.97 Å². The van der Waals surface area contributed by atoms with Gasteiger partial charge in [-0.15, -0.1) is 11.3 Å².